The van der Waals surface area contributed by atoms with Crippen molar-refractivity contribution in [1.29, 1.82) is 0 Å². The molecule has 0 saturated carbocycles. The fourth-order valence-electron chi connectivity index (χ4n) is 2.50. The second-order valence-corrected chi connectivity index (χ2v) is 6.46. The van der Waals surface area contributed by atoms with Crippen LogP contribution in [0.15, 0.2) is 18.2 Å². The van der Waals surface area contributed by atoms with Crippen molar-refractivity contribution in [2.75, 3.05) is 18.5 Å². The molecule has 0 saturated heterocycles. The summed E-state index contributed by atoms with van der Waals surface area (Å²) in [5, 5.41) is 12.0. The summed E-state index contributed by atoms with van der Waals surface area (Å²) < 4.78 is 5.60. The summed E-state index contributed by atoms with van der Waals surface area (Å²) in [4.78, 5) is 10.7. The number of nitro groups is 1. The molecular weight excluding hydrogens is 358 g/mol. The van der Waals surface area contributed by atoms with Gasteiger partial charge in [-0.05, 0) is 50.8 Å². The van der Waals surface area contributed by atoms with Gasteiger partial charge in [0.1, 0.15) is 0 Å². The summed E-state index contributed by atoms with van der Waals surface area (Å²) in [5.41, 5.74) is 2.62. The van der Waals surface area contributed by atoms with E-state index in [9.17, 15) is 10.1 Å². The predicted molar refractivity (Wildman–Crippen MR) is 99.3 cm³/mol. The van der Waals surface area contributed by atoms with Crippen molar-refractivity contribution in [3.8, 4) is 0 Å². The molecule has 0 aliphatic rings. The SMILES string of the molecule is Cc1cc(C=CCCOCCCCCCBr)cc(C)c1[N+](=O)[O-]. The molecule has 0 bridgehead atoms. The Balaban J connectivity index is 2.29. The van der Waals surface area contributed by atoms with E-state index in [2.05, 4.69) is 22.0 Å². The van der Waals surface area contributed by atoms with Crippen molar-refractivity contribution in [2.24, 2.45) is 0 Å². The van der Waals surface area contributed by atoms with E-state index >= 15 is 0 Å². The second-order valence-electron chi connectivity index (χ2n) is 5.67. The minimum atomic E-state index is -0.316. The van der Waals surface area contributed by atoms with Crippen molar-refractivity contribution < 1.29 is 9.66 Å². The Bertz CT molecular complexity index is 506. The highest BCUT2D eigenvalue weighted by Gasteiger charge is 2.14. The van der Waals surface area contributed by atoms with Gasteiger partial charge in [0, 0.05) is 23.1 Å². The summed E-state index contributed by atoms with van der Waals surface area (Å²) in [7, 11) is 0. The second kappa shape index (κ2) is 11.4. The average molecular weight is 384 g/mol. The molecule has 4 nitrogen and oxygen atoms in total. The van der Waals surface area contributed by atoms with Gasteiger partial charge in [-0.1, -0.05) is 40.9 Å². The van der Waals surface area contributed by atoms with Crippen LogP contribution < -0.4 is 0 Å². The molecule has 1 aromatic carbocycles. The number of rotatable bonds is 11. The van der Waals surface area contributed by atoms with Crippen LogP contribution in [-0.2, 0) is 4.74 Å². The molecule has 0 unspecified atom stereocenters. The fraction of sp³-hybridized carbons (Fsp3) is 0.556. The third-order valence-electron chi connectivity index (χ3n) is 3.61. The van der Waals surface area contributed by atoms with Gasteiger partial charge in [0.05, 0.1) is 11.5 Å². The molecule has 0 radical (unpaired) electrons. The van der Waals surface area contributed by atoms with E-state index in [4.69, 9.17) is 4.74 Å². The van der Waals surface area contributed by atoms with Gasteiger partial charge in [0.2, 0.25) is 0 Å². The number of alkyl halides is 1. The first-order valence-electron chi connectivity index (χ1n) is 8.12. The summed E-state index contributed by atoms with van der Waals surface area (Å²) in [6.07, 6.45) is 9.76. The van der Waals surface area contributed by atoms with E-state index in [1.54, 1.807) is 13.8 Å². The molecule has 0 aliphatic carbocycles. The minimum Gasteiger partial charge on any atom is -0.381 e. The van der Waals surface area contributed by atoms with Gasteiger partial charge in [-0.15, -0.1) is 0 Å². The maximum Gasteiger partial charge on any atom is 0.275 e. The van der Waals surface area contributed by atoms with Crippen molar-refractivity contribution in [3.05, 3.63) is 45.0 Å². The molecule has 0 atom stereocenters. The molecular formula is C18H26BrNO3. The minimum absolute atomic E-state index is 0.213. The van der Waals surface area contributed by atoms with Crippen molar-refractivity contribution in [1.82, 2.24) is 0 Å². The quantitative estimate of drug-likeness (QED) is 0.216. The van der Waals surface area contributed by atoms with E-state index in [0.717, 1.165) is 36.9 Å². The molecule has 0 aromatic heterocycles. The first kappa shape index (κ1) is 19.8. The zero-order chi connectivity index (χ0) is 17.1. The number of hydrogen-bond acceptors (Lipinski definition) is 3. The van der Waals surface area contributed by atoms with Crippen LogP contribution in [0.3, 0.4) is 0 Å². The highest BCUT2D eigenvalue weighted by atomic mass is 79.9. The highest BCUT2D eigenvalue weighted by molar-refractivity contribution is 9.09. The number of ether oxygens (including phenoxy) is 1. The van der Waals surface area contributed by atoms with E-state index in [0.29, 0.717) is 11.1 Å². The maximum atomic E-state index is 11.0. The van der Waals surface area contributed by atoms with E-state index in [-0.39, 0.29) is 10.6 Å². The average Bonchev–Trinajstić information content (AvgIpc) is 2.48. The lowest BCUT2D eigenvalue weighted by Crippen LogP contribution is -1.96. The molecule has 0 heterocycles. The van der Waals surface area contributed by atoms with Crippen LogP contribution in [0, 0.1) is 24.0 Å². The zero-order valence-electron chi connectivity index (χ0n) is 14.0. The molecule has 0 aliphatic heterocycles. The zero-order valence-corrected chi connectivity index (χ0v) is 15.6. The van der Waals surface area contributed by atoms with Crippen LogP contribution in [0.25, 0.3) is 6.08 Å². The molecule has 5 heteroatoms. The fourth-order valence-corrected chi connectivity index (χ4v) is 2.90. The standard InChI is InChI=1S/C18H26BrNO3/c1-15-13-17(14-16(2)18(15)20(21)22)9-5-8-12-23-11-7-4-3-6-10-19/h5,9,13-14H,3-4,6-8,10-12H2,1-2H3. The normalized spacial score (nSPS) is 11.3. The lowest BCUT2D eigenvalue weighted by Gasteiger charge is -2.04. The predicted octanol–water partition coefficient (Wildman–Crippen LogP) is 5.59. The Morgan fingerprint density at radius 3 is 2.39 bits per heavy atom. The van der Waals surface area contributed by atoms with Crippen LogP contribution in [0.2, 0.25) is 0 Å². The van der Waals surface area contributed by atoms with E-state index in [1.807, 2.05) is 18.2 Å². The molecule has 0 N–H and O–H groups in total. The van der Waals surface area contributed by atoms with Crippen LogP contribution in [0.4, 0.5) is 5.69 Å². The van der Waals surface area contributed by atoms with Gasteiger partial charge in [-0.25, -0.2) is 0 Å². The Hall–Kier alpha value is -1.20. The Kier molecular flexibility index (Phi) is 9.80. The Labute approximate surface area is 147 Å². The first-order chi connectivity index (χ1) is 11.1. The highest BCUT2D eigenvalue weighted by Crippen LogP contribution is 2.24. The summed E-state index contributed by atoms with van der Waals surface area (Å²) in [5.74, 6) is 0. The summed E-state index contributed by atoms with van der Waals surface area (Å²) in [6, 6.07) is 3.71. The molecule has 1 aromatic rings. The number of unbranched alkanes of at least 4 members (excludes halogenated alkanes) is 3. The number of nitrogens with zero attached hydrogens (tertiary/aromatic N) is 1. The lowest BCUT2D eigenvalue weighted by atomic mass is 10.0. The van der Waals surface area contributed by atoms with Gasteiger partial charge in [-0.2, -0.15) is 0 Å². The maximum absolute atomic E-state index is 11.0. The number of hydrogen-bond donors (Lipinski definition) is 0. The number of halogens is 1. The topological polar surface area (TPSA) is 52.4 Å². The van der Waals surface area contributed by atoms with Crippen LogP contribution in [0.1, 0.15) is 48.8 Å². The number of benzene rings is 1. The smallest absolute Gasteiger partial charge is 0.275 e. The van der Waals surface area contributed by atoms with Crippen LogP contribution >= 0.6 is 15.9 Å². The van der Waals surface area contributed by atoms with Crippen LogP contribution in [-0.4, -0.2) is 23.5 Å². The molecule has 23 heavy (non-hydrogen) atoms. The third-order valence-corrected chi connectivity index (χ3v) is 4.17. The van der Waals surface area contributed by atoms with Gasteiger partial charge >= 0.3 is 0 Å². The van der Waals surface area contributed by atoms with Gasteiger partial charge in [-0.3, -0.25) is 10.1 Å². The Morgan fingerprint density at radius 1 is 1.13 bits per heavy atom. The van der Waals surface area contributed by atoms with Gasteiger partial charge < -0.3 is 4.74 Å². The molecule has 1 rings (SSSR count). The summed E-state index contributed by atoms with van der Waals surface area (Å²) >= 11 is 3.43. The molecule has 0 fully saturated rings. The number of aryl methyl sites for hydroxylation is 2. The Morgan fingerprint density at radius 2 is 1.78 bits per heavy atom. The number of nitro benzene ring substituents is 1. The van der Waals surface area contributed by atoms with Crippen molar-refractivity contribution in [2.45, 2.75) is 46.0 Å². The largest absolute Gasteiger partial charge is 0.381 e. The third kappa shape index (κ3) is 7.75. The molecule has 0 spiro atoms. The van der Waals surface area contributed by atoms with E-state index < -0.39 is 0 Å². The molecule has 0 amide bonds. The monoisotopic (exact) mass is 383 g/mol. The van der Waals surface area contributed by atoms with Crippen molar-refractivity contribution in [3.63, 3.8) is 0 Å². The van der Waals surface area contributed by atoms with Crippen LogP contribution in [0.5, 0.6) is 0 Å². The summed E-state index contributed by atoms with van der Waals surface area (Å²) in [6.45, 7) is 5.11. The lowest BCUT2D eigenvalue weighted by molar-refractivity contribution is -0.386. The van der Waals surface area contributed by atoms with E-state index in [1.165, 1.54) is 19.3 Å². The van der Waals surface area contributed by atoms with Gasteiger partial charge in [0.25, 0.3) is 5.69 Å². The van der Waals surface area contributed by atoms with Gasteiger partial charge in [0.15, 0.2) is 0 Å². The van der Waals surface area contributed by atoms with Crippen molar-refractivity contribution >= 4 is 27.7 Å². The first-order valence-corrected chi connectivity index (χ1v) is 9.24. The molecule has 128 valence electrons.